The number of carbonyl (C=O) groups excluding carboxylic acids is 2. The Balaban J connectivity index is 1.44. The molecule has 0 N–H and O–H groups in total. The molecule has 28 heavy (non-hydrogen) atoms. The van der Waals surface area contributed by atoms with Crippen LogP contribution < -0.4 is 14.5 Å². The number of para-hydroxylation sites is 1. The summed E-state index contributed by atoms with van der Waals surface area (Å²) < 4.78 is 5.19. The van der Waals surface area contributed by atoms with Gasteiger partial charge in [0.15, 0.2) is 0 Å². The number of anilines is 2. The number of nitrogens with zero attached hydrogens (tertiary/aromatic N) is 3. The molecule has 2 saturated heterocycles. The van der Waals surface area contributed by atoms with E-state index in [0.29, 0.717) is 25.9 Å². The standard InChI is InChI=1S/C22H25N3O3/c1-28-19-9-7-18(8-10-19)25-20(11-12-21(25)26)22(27)24-15-13-23(14-16-24)17-5-3-2-4-6-17/h2-10,20H,11-16H2,1H3. The lowest BCUT2D eigenvalue weighted by Crippen LogP contribution is -2.54. The Morgan fingerprint density at radius 3 is 2.25 bits per heavy atom. The van der Waals surface area contributed by atoms with Crippen LogP contribution in [0.3, 0.4) is 0 Å². The Bertz CT molecular complexity index is 830. The summed E-state index contributed by atoms with van der Waals surface area (Å²) in [6.45, 7) is 2.96. The molecule has 2 aromatic carbocycles. The van der Waals surface area contributed by atoms with Gasteiger partial charge in [0.1, 0.15) is 11.8 Å². The molecule has 0 radical (unpaired) electrons. The van der Waals surface area contributed by atoms with E-state index in [-0.39, 0.29) is 11.8 Å². The second kappa shape index (κ2) is 7.92. The lowest BCUT2D eigenvalue weighted by molar-refractivity contribution is -0.133. The number of benzene rings is 2. The van der Waals surface area contributed by atoms with Gasteiger partial charge in [-0.1, -0.05) is 18.2 Å². The minimum atomic E-state index is -0.413. The Hall–Kier alpha value is -3.02. The second-order valence-corrected chi connectivity index (χ2v) is 7.16. The highest BCUT2D eigenvalue weighted by molar-refractivity contribution is 6.03. The van der Waals surface area contributed by atoms with Crippen molar-refractivity contribution in [2.75, 3.05) is 43.1 Å². The van der Waals surface area contributed by atoms with Gasteiger partial charge >= 0.3 is 0 Å². The SMILES string of the molecule is COc1ccc(N2C(=O)CCC2C(=O)N2CCN(c3ccccc3)CC2)cc1. The quantitative estimate of drug-likeness (QED) is 0.819. The molecule has 2 aliphatic rings. The van der Waals surface area contributed by atoms with Crippen LogP contribution in [0.2, 0.25) is 0 Å². The maximum Gasteiger partial charge on any atom is 0.245 e. The highest BCUT2D eigenvalue weighted by Gasteiger charge is 2.39. The van der Waals surface area contributed by atoms with Crippen LogP contribution >= 0.6 is 0 Å². The van der Waals surface area contributed by atoms with Crippen LogP contribution in [0.4, 0.5) is 11.4 Å². The number of hydrogen-bond acceptors (Lipinski definition) is 4. The largest absolute Gasteiger partial charge is 0.497 e. The summed E-state index contributed by atoms with van der Waals surface area (Å²) >= 11 is 0. The molecule has 6 heteroatoms. The van der Waals surface area contributed by atoms with E-state index < -0.39 is 6.04 Å². The molecule has 4 rings (SSSR count). The first-order valence-corrected chi connectivity index (χ1v) is 9.72. The van der Waals surface area contributed by atoms with E-state index >= 15 is 0 Å². The van der Waals surface area contributed by atoms with Crippen LogP contribution in [-0.2, 0) is 9.59 Å². The maximum absolute atomic E-state index is 13.2. The molecule has 2 heterocycles. The molecule has 2 aromatic rings. The van der Waals surface area contributed by atoms with E-state index in [4.69, 9.17) is 4.74 Å². The molecule has 6 nitrogen and oxygen atoms in total. The van der Waals surface area contributed by atoms with Crippen LogP contribution in [0, 0.1) is 0 Å². The van der Waals surface area contributed by atoms with Crippen LogP contribution in [0.25, 0.3) is 0 Å². The zero-order valence-corrected chi connectivity index (χ0v) is 16.1. The van der Waals surface area contributed by atoms with Crippen molar-refractivity contribution in [2.24, 2.45) is 0 Å². The summed E-state index contributed by atoms with van der Waals surface area (Å²) in [5.41, 5.74) is 1.94. The maximum atomic E-state index is 13.2. The fourth-order valence-corrected chi connectivity index (χ4v) is 4.02. The van der Waals surface area contributed by atoms with E-state index in [1.165, 1.54) is 5.69 Å². The van der Waals surface area contributed by atoms with E-state index in [1.54, 1.807) is 12.0 Å². The highest BCUT2D eigenvalue weighted by atomic mass is 16.5. The number of rotatable bonds is 4. The molecule has 0 aliphatic carbocycles. The van der Waals surface area contributed by atoms with E-state index in [2.05, 4.69) is 17.0 Å². The summed E-state index contributed by atoms with van der Waals surface area (Å²) in [5, 5.41) is 0. The van der Waals surface area contributed by atoms with Crippen molar-refractivity contribution >= 4 is 23.2 Å². The summed E-state index contributed by atoms with van der Waals surface area (Å²) in [6.07, 6.45) is 0.981. The molecular weight excluding hydrogens is 354 g/mol. The highest BCUT2D eigenvalue weighted by Crippen LogP contribution is 2.29. The molecule has 0 spiro atoms. The van der Waals surface area contributed by atoms with Gasteiger partial charge in [-0.05, 0) is 42.8 Å². The van der Waals surface area contributed by atoms with Gasteiger partial charge in [-0.25, -0.2) is 0 Å². The first-order chi connectivity index (χ1) is 13.7. The summed E-state index contributed by atoms with van der Waals surface area (Å²) in [7, 11) is 1.61. The molecule has 0 aromatic heterocycles. The second-order valence-electron chi connectivity index (χ2n) is 7.16. The molecule has 0 bridgehead atoms. The van der Waals surface area contributed by atoms with Crippen LogP contribution in [0.1, 0.15) is 12.8 Å². The average Bonchev–Trinajstić information content (AvgIpc) is 3.15. The molecule has 146 valence electrons. The van der Waals surface area contributed by atoms with Crippen molar-refractivity contribution in [1.82, 2.24) is 4.90 Å². The van der Waals surface area contributed by atoms with Gasteiger partial charge in [-0.3, -0.25) is 14.5 Å². The molecule has 1 atom stereocenters. The number of carbonyl (C=O) groups is 2. The summed E-state index contributed by atoms with van der Waals surface area (Å²) in [4.78, 5) is 31.5. The van der Waals surface area contributed by atoms with Gasteiger partial charge in [0.25, 0.3) is 0 Å². The third-order valence-corrected chi connectivity index (χ3v) is 5.56. The smallest absolute Gasteiger partial charge is 0.245 e. The normalized spacial score (nSPS) is 19.8. The lowest BCUT2D eigenvalue weighted by Gasteiger charge is -2.38. The predicted octanol–water partition coefficient (Wildman–Crippen LogP) is 2.54. The van der Waals surface area contributed by atoms with Crippen molar-refractivity contribution in [3.05, 3.63) is 54.6 Å². The molecule has 0 saturated carbocycles. The van der Waals surface area contributed by atoms with E-state index in [1.807, 2.05) is 47.4 Å². The fourth-order valence-electron chi connectivity index (χ4n) is 4.02. The van der Waals surface area contributed by atoms with Gasteiger partial charge in [-0.15, -0.1) is 0 Å². The number of piperazine rings is 1. The number of ether oxygens (including phenoxy) is 1. The average molecular weight is 379 g/mol. The van der Waals surface area contributed by atoms with E-state index in [9.17, 15) is 9.59 Å². The molecule has 2 aliphatic heterocycles. The molecular formula is C22H25N3O3. The fraction of sp³-hybridized carbons (Fsp3) is 0.364. The summed E-state index contributed by atoms with van der Waals surface area (Å²) in [5.74, 6) is 0.788. The molecule has 2 amide bonds. The Kier molecular flexibility index (Phi) is 5.19. The number of methoxy groups -OCH3 is 1. The van der Waals surface area contributed by atoms with Crippen LogP contribution in [-0.4, -0.2) is 56.0 Å². The van der Waals surface area contributed by atoms with Gasteiger partial charge in [-0.2, -0.15) is 0 Å². The van der Waals surface area contributed by atoms with Crippen LogP contribution in [0.15, 0.2) is 54.6 Å². The first kappa shape index (κ1) is 18.3. The topological polar surface area (TPSA) is 53.1 Å². The summed E-state index contributed by atoms with van der Waals surface area (Å²) in [6, 6.07) is 17.2. The lowest BCUT2D eigenvalue weighted by atomic mass is 10.1. The number of hydrogen-bond donors (Lipinski definition) is 0. The van der Waals surface area contributed by atoms with Gasteiger partial charge < -0.3 is 14.5 Å². The Morgan fingerprint density at radius 2 is 1.61 bits per heavy atom. The van der Waals surface area contributed by atoms with Crippen molar-refractivity contribution in [3.8, 4) is 5.75 Å². The van der Waals surface area contributed by atoms with Gasteiger partial charge in [0, 0.05) is 44.0 Å². The van der Waals surface area contributed by atoms with Crippen molar-refractivity contribution in [2.45, 2.75) is 18.9 Å². The number of amides is 2. The first-order valence-electron chi connectivity index (χ1n) is 9.72. The van der Waals surface area contributed by atoms with Gasteiger partial charge in [0.05, 0.1) is 7.11 Å². The Morgan fingerprint density at radius 1 is 0.929 bits per heavy atom. The molecule has 1 unspecified atom stereocenters. The monoisotopic (exact) mass is 379 g/mol. The van der Waals surface area contributed by atoms with Gasteiger partial charge in [0.2, 0.25) is 11.8 Å². The van der Waals surface area contributed by atoms with Crippen LogP contribution in [0.5, 0.6) is 5.75 Å². The minimum absolute atomic E-state index is 0.00596. The van der Waals surface area contributed by atoms with Crippen molar-refractivity contribution < 1.29 is 14.3 Å². The zero-order valence-electron chi connectivity index (χ0n) is 16.1. The zero-order chi connectivity index (χ0) is 19.5. The molecule has 2 fully saturated rings. The van der Waals surface area contributed by atoms with Crippen molar-refractivity contribution in [1.29, 1.82) is 0 Å². The Labute approximate surface area is 165 Å². The minimum Gasteiger partial charge on any atom is -0.497 e. The third kappa shape index (κ3) is 3.54. The predicted molar refractivity (Wildman–Crippen MR) is 109 cm³/mol. The third-order valence-electron chi connectivity index (χ3n) is 5.56. The van der Waals surface area contributed by atoms with Crippen molar-refractivity contribution in [3.63, 3.8) is 0 Å². The van der Waals surface area contributed by atoms with E-state index in [0.717, 1.165) is 24.5 Å².